The van der Waals surface area contributed by atoms with Gasteiger partial charge in [-0.15, -0.1) is 0 Å². The number of hydrogen-bond acceptors (Lipinski definition) is 3. The van der Waals surface area contributed by atoms with Gasteiger partial charge in [-0.25, -0.2) is 5.01 Å². The SMILES string of the molecule is CCCCN(C(=O)c1ccccc1)N(SC(F)(Cl)Cl)C(=O)c1ccccc1. The lowest BCUT2D eigenvalue weighted by Gasteiger charge is -2.34. The monoisotopic (exact) mass is 428 g/mol. The number of hydrogen-bond donors (Lipinski definition) is 0. The van der Waals surface area contributed by atoms with E-state index >= 15 is 0 Å². The lowest BCUT2D eigenvalue weighted by molar-refractivity contribution is 0.0318. The molecule has 0 aliphatic carbocycles. The van der Waals surface area contributed by atoms with E-state index in [2.05, 4.69) is 0 Å². The van der Waals surface area contributed by atoms with Crippen molar-refractivity contribution in [2.24, 2.45) is 0 Å². The lowest BCUT2D eigenvalue weighted by atomic mass is 10.2. The molecule has 2 aromatic rings. The zero-order valence-electron chi connectivity index (χ0n) is 14.6. The number of nitrogens with zero attached hydrogens (tertiary/aromatic N) is 2. The molecule has 2 rings (SSSR count). The normalized spacial score (nSPS) is 11.1. The second-order valence-electron chi connectivity index (χ2n) is 5.63. The average molecular weight is 429 g/mol. The summed E-state index contributed by atoms with van der Waals surface area (Å²) in [6, 6.07) is 16.7. The number of halogens is 3. The molecule has 0 bridgehead atoms. The van der Waals surface area contributed by atoms with Crippen molar-refractivity contribution in [3.63, 3.8) is 0 Å². The molecule has 2 aromatic carbocycles. The molecule has 0 radical (unpaired) electrons. The predicted octanol–water partition coefficient (Wildman–Crippen LogP) is 5.69. The summed E-state index contributed by atoms with van der Waals surface area (Å²) in [5.74, 6) is -1.04. The van der Waals surface area contributed by atoms with Crippen molar-refractivity contribution in [2.75, 3.05) is 6.54 Å². The topological polar surface area (TPSA) is 40.6 Å². The summed E-state index contributed by atoms with van der Waals surface area (Å²) in [7, 11) is 0. The van der Waals surface area contributed by atoms with E-state index < -0.39 is 15.7 Å². The third-order valence-corrected chi connectivity index (χ3v) is 4.74. The number of carbonyl (C=O) groups is 2. The van der Waals surface area contributed by atoms with Crippen LogP contribution in [0.4, 0.5) is 4.39 Å². The van der Waals surface area contributed by atoms with Crippen molar-refractivity contribution in [3.8, 4) is 0 Å². The van der Waals surface area contributed by atoms with Crippen molar-refractivity contribution in [2.45, 2.75) is 23.7 Å². The maximum Gasteiger partial charge on any atom is 0.325 e. The van der Waals surface area contributed by atoms with E-state index in [1.807, 2.05) is 6.92 Å². The van der Waals surface area contributed by atoms with E-state index in [-0.39, 0.29) is 24.1 Å². The van der Waals surface area contributed by atoms with Gasteiger partial charge in [-0.3, -0.25) is 9.59 Å². The highest BCUT2D eigenvalue weighted by molar-refractivity contribution is 8.01. The molecule has 4 nitrogen and oxygen atoms in total. The molecule has 8 heteroatoms. The van der Waals surface area contributed by atoms with E-state index in [1.54, 1.807) is 60.7 Å². The second kappa shape index (κ2) is 9.97. The maximum atomic E-state index is 14.0. The summed E-state index contributed by atoms with van der Waals surface area (Å²) in [5, 5.41) is 1.18. The first-order valence-electron chi connectivity index (χ1n) is 8.35. The minimum absolute atomic E-state index is 0.208. The summed E-state index contributed by atoms with van der Waals surface area (Å²) in [6.07, 6.45) is 1.39. The van der Waals surface area contributed by atoms with Gasteiger partial charge in [-0.05, 0) is 30.7 Å². The Labute approximate surface area is 172 Å². The van der Waals surface area contributed by atoms with Crippen LogP contribution in [0.5, 0.6) is 0 Å². The zero-order valence-corrected chi connectivity index (χ0v) is 17.0. The summed E-state index contributed by atoms with van der Waals surface area (Å²) < 4.78 is 12.1. The fourth-order valence-electron chi connectivity index (χ4n) is 2.30. The first kappa shape index (κ1) is 21.5. The standard InChI is InChI=1S/C19H19Cl2FN2O2S/c1-2-3-14-23(17(25)15-10-6-4-7-11-15)24(27-19(20,21)22)18(26)16-12-8-5-9-13-16/h4-13H,2-3,14H2,1H3. The molecule has 0 fully saturated rings. The Morgan fingerprint density at radius 1 is 0.963 bits per heavy atom. The Bertz CT molecular complexity index is 757. The third-order valence-electron chi connectivity index (χ3n) is 3.58. The van der Waals surface area contributed by atoms with E-state index in [0.29, 0.717) is 12.0 Å². The molecular weight excluding hydrogens is 410 g/mol. The quantitative estimate of drug-likeness (QED) is 0.322. The predicted molar refractivity (Wildman–Crippen MR) is 108 cm³/mol. The summed E-state index contributed by atoms with van der Waals surface area (Å²) in [6.45, 7) is 2.16. The highest BCUT2D eigenvalue weighted by Gasteiger charge is 2.36. The molecule has 0 saturated heterocycles. The number of benzene rings is 2. The minimum Gasteiger partial charge on any atom is -0.267 e. The van der Waals surface area contributed by atoms with Crippen molar-refractivity contribution in [1.29, 1.82) is 0 Å². The number of hydrazine groups is 1. The molecule has 0 unspecified atom stereocenters. The summed E-state index contributed by atoms with van der Waals surface area (Å²) in [5.41, 5.74) is 0.651. The Balaban J connectivity index is 2.42. The van der Waals surface area contributed by atoms with Crippen LogP contribution in [0.1, 0.15) is 40.5 Å². The van der Waals surface area contributed by atoms with Gasteiger partial charge >= 0.3 is 3.92 Å². The van der Waals surface area contributed by atoms with Crippen LogP contribution in [-0.4, -0.2) is 31.7 Å². The number of alkyl halides is 3. The fourth-order valence-corrected chi connectivity index (χ4v) is 3.33. The molecular formula is C19H19Cl2FN2O2S. The smallest absolute Gasteiger partial charge is 0.267 e. The van der Waals surface area contributed by atoms with Gasteiger partial charge in [0.25, 0.3) is 11.8 Å². The Kier molecular flexibility index (Phi) is 7.95. The van der Waals surface area contributed by atoms with Gasteiger partial charge in [-0.1, -0.05) is 72.9 Å². The Hall–Kier alpha value is -1.76. The van der Waals surface area contributed by atoms with Gasteiger partial charge < -0.3 is 0 Å². The second-order valence-corrected chi connectivity index (χ2v) is 8.40. The van der Waals surface area contributed by atoms with Crippen molar-refractivity contribution in [1.82, 2.24) is 9.42 Å². The maximum absolute atomic E-state index is 14.0. The van der Waals surface area contributed by atoms with Gasteiger partial charge in [0, 0.05) is 17.7 Å². The molecule has 144 valence electrons. The number of amides is 2. The molecule has 27 heavy (non-hydrogen) atoms. The molecule has 0 saturated carbocycles. The summed E-state index contributed by atoms with van der Waals surface area (Å²) >= 11 is 11.3. The van der Waals surface area contributed by atoms with E-state index in [4.69, 9.17) is 23.2 Å². The van der Waals surface area contributed by atoms with Crippen LogP contribution in [0.15, 0.2) is 60.7 Å². The number of carbonyl (C=O) groups excluding carboxylic acids is 2. The fraction of sp³-hybridized carbons (Fsp3) is 0.263. The van der Waals surface area contributed by atoms with Crippen LogP contribution in [-0.2, 0) is 0 Å². The van der Waals surface area contributed by atoms with Crippen molar-refractivity contribution < 1.29 is 14.0 Å². The Morgan fingerprint density at radius 2 is 1.44 bits per heavy atom. The van der Waals surface area contributed by atoms with Gasteiger partial charge in [0.1, 0.15) is 0 Å². The van der Waals surface area contributed by atoms with Gasteiger partial charge in [-0.2, -0.15) is 8.80 Å². The minimum atomic E-state index is -2.79. The lowest BCUT2D eigenvalue weighted by Crippen LogP contribution is -2.47. The largest absolute Gasteiger partial charge is 0.325 e. The number of rotatable bonds is 7. The van der Waals surface area contributed by atoms with Crippen molar-refractivity contribution in [3.05, 3.63) is 71.8 Å². The first-order chi connectivity index (χ1) is 12.8. The van der Waals surface area contributed by atoms with Crippen LogP contribution in [0.3, 0.4) is 0 Å². The van der Waals surface area contributed by atoms with E-state index in [0.717, 1.165) is 10.8 Å². The zero-order chi connectivity index (χ0) is 19.9. The molecule has 0 heterocycles. The summed E-state index contributed by atoms with van der Waals surface area (Å²) in [4.78, 5) is 26.0. The average Bonchev–Trinajstić information content (AvgIpc) is 2.67. The van der Waals surface area contributed by atoms with E-state index in [1.165, 1.54) is 5.01 Å². The van der Waals surface area contributed by atoms with Crippen LogP contribution in [0, 0.1) is 0 Å². The van der Waals surface area contributed by atoms with Gasteiger partial charge in [0.2, 0.25) is 0 Å². The van der Waals surface area contributed by atoms with Crippen LogP contribution in [0.2, 0.25) is 0 Å². The molecule has 0 spiro atoms. The van der Waals surface area contributed by atoms with E-state index in [9.17, 15) is 14.0 Å². The molecule has 0 atom stereocenters. The molecule has 2 amide bonds. The van der Waals surface area contributed by atoms with Crippen molar-refractivity contribution >= 4 is 47.0 Å². The highest BCUT2D eigenvalue weighted by atomic mass is 35.5. The Morgan fingerprint density at radius 3 is 1.89 bits per heavy atom. The number of unbranched alkanes of at least 4 members (excludes halogenated alkanes) is 1. The first-order valence-corrected chi connectivity index (χ1v) is 9.88. The third kappa shape index (κ3) is 6.41. The van der Waals surface area contributed by atoms with Crippen LogP contribution < -0.4 is 0 Å². The molecule has 0 aliphatic rings. The molecule has 0 aliphatic heterocycles. The highest BCUT2D eigenvalue weighted by Crippen LogP contribution is 2.40. The molecule has 0 N–H and O–H groups in total. The van der Waals surface area contributed by atoms with Crippen LogP contribution in [0.25, 0.3) is 0 Å². The molecule has 0 aromatic heterocycles. The van der Waals surface area contributed by atoms with Crippen LogP contribution >= 0.6 is 35.1 Å². The van der Waals surface area contributed by atoms with Gasteiger partial charge in [0.05, 0.1) is 11.9 Å². The van der Waals surface area contributed by atoms with Gasteiger partial charge in [0.15, 0.2) is 0 Å².